The van der Waals surface area contributed by atoms with E-state index in [-0.39, 0.29) is 10.0 Å². The van der Waals surface area contributed by atoms with Crippen LogP contribution in [-0.2, 0) is 16.2 Å². The number of hydrogen-bond acceptors (Lipinski definition) is 2. The van der Waals surface area contributed by atoms with Gasteiger partial charge in [0.1, 0.15) is 0 Å². The fraction of sp³-hybridized carbons (Fsp3) is 0.0714. The van der Waals surface area contributed by atoms with Gasteiger partial charge in [-0.3, -0.25) is 0 Å². The van der Waals surface area contributed by atoms with E-state index in [1.807, 2.05) is 0 Å². The van der Waals surface area contributed by atoms with Crippen molar-refractivity contribution in [3.05, 3.63) is 63.6 Å². The number of halogens is 6. The Morgan fingerprint density at radius 2 is 1.54 bits per heavy atom. The summed E-state index contributed by atoms with van der Waals surface area (Å²) in [5.41, 5.74) is -1.06. The summed E-state index contributed by atoms with van der Waals surface area (Å²) in [5.74, 6) is -2.34. The number of nitrogens with zero attached hydrogens (tertiary/aromatic N) is 1. The zero-order valence-electron chi connectivity index (χ0n) is 11.5. The smallest absolute Gasteiger partial charge is 0.204 e. The molecule has 0 spiro atoms. The van der Waals surface area contributed by atoms with E-state index in [2.05, 4.69) is 20.3 Å². The molecule has 3 nitrogen and oxygen atoms in total. The molecule has 0 aliphatic heterocycles. The normalized spacial score (nSPS) is 12.8. The molecule has 0 atom stereocenters. The average molecular weight is 428 g/mol. The standard InChI is InChI=1S/C14H7BrF5NO2S/c15-11-6-13(17)12(16)5-8(11)7-21-24(22,23)10-3-1-9(2-4-10)14(18,19)20/h1-7H/b21-7+. The largest absolute Gasteiger partial charge is 0.416 e. The Hall–Kier alpha value is -1.81. The third-order valence-corrected chi connectivity index (χ3v) is 4.79. The van der Waals surface area contributed by atoms with Crippen LogP contribution in [0.15, 0.2) is 50.2 Å². The molecule has 0 aromatic heterocycles. The molecular formula is C14H7BrF5NO2S. The van der Waals surface area contributed by atoms with Crippen LogP contribution in [0.3, 0.4) is 0 Å². The minimum Gasteiger partial charge on any atom is -0.204 e. The molecular weight excluding hydrogens is 421 g/mol. The van der Waals surface area contributed by atoms with Gasteiger partial charge in [0, 0.05) is 16.3 Å². The van der Waals surface area contributed by atoms with Crippen LogP contribution >= 0.6 is 15.9 Å². The van der Waals surface area contributed by atoms with E-state index in [1.165, 1.54) is 0 Å². The average Bonchev–Trinajstić information content (AvgIpc) is 2.49. The van der Waals surface area contributed by atoms with Crippen molar-refractivity contribution in [1.29, 1.82) is 0 Å². The summed E-state index contributed by atoms with van der Waals surface area (Å²) in [7, 11) is -4.30. The summed E-state index contributed by atoms with van der Waals surface area (Å²) < 4.78 is 90.7. The van der Waals surface area contributed by atoms with Gasteiger partial charge in [-0.15, -0.1) is 0 Å². The molecule has 0 aliphatic rings. The first kappa shape index (κ1) is 18.5. The van der Waals surface area contributed by atoms with E-state index in [1.54, 1.807) is 0 Å². The number of benzene rings is 2. The quantitative estimate of drug-likeness (QED) is 0.409. The third kappa shape index (κ3) is 4.18. The molecule has 0 N–H and O–H groups in total. The summed E-state index contributed by atoms with van der Waals surface area (Å²) in [6, 6.07) is 4.25. The van der Waals surface area contributed by atoms with Crippen LogP contribution in [0, 0.1) is 11.6 Å². The van der Waals surface area contributed by atoms with Crippen LogP contribution in [0.1, 0.15) is 11.1 Å². The Morgan fingerprint density at radius 1 is 1.00 bits per heavy atom. The number of rotatable bonds is 3. The first-order chi connectivity index (χ1) is 11.0. The first-order valence-electron chi connectivity index (χ1n) is 6.13. The molecule has 0 fully saturated rings. The summed E-state index contributed by atoms with van der Waals surface area (Å²) in [6.45, 7) is 0. The Labute approximate surface area is 142 Å². The molecule has 128 valence electrons. The maximum absolute atomic E-state index is 13.1. The lowest BCUT2D eigenvalue weighted by Gasteiger charge is -2.06. The van der Waals surface area contributed by atoms with E-state index >= 15 is 0 Å². The first-order valence-corrected chi connectivity index (χ1v) is 8.36. The van der Waals surface area contributed by atoms with Gasteiger partial charge < -0.3 is 0 Å². The SMILES string of the molecule is O=S(=O)(/N=C/c1cc(F)c(F)cc1Br)c1ccc(C(F)(F)F)cc1. The molecule has 0 saturated carbocycles. The molecule has 24 heavy (non-hydrogen) atoms. The highest BCUT2D eigenvalue weighted by Gasteiger charge is 2.30. The summed E-state index contributed by atoms with van der Waals surface area (Å²) in [5, 5.41) is 0. The van der Waals surface area contributed by atoms with Gasteiger partial charge in [-0.05, 0) is 36.4 Å². The van der Waals surface area contributed by atoms with Gasteiger partial charge in [-0.25, -0.2) is 8.78 Å². The molecule has 10 heteroatoms. The van der Waals surface area contributed by atoms with Crippen molar-refractivity contribution in [3.63, 3.8) is 0 Å². The predicted octanol–water partition coefficient (Wildman–Crippen LogP) is 4.55. The van der Waals surface area contributed by atoms with Gasteiger partial charge in [0.05, 0.1) is 10.5 Å². The van der Waals surface area contributed by atoms with E-state index < -0.39 is 38.3 Å². The Bertz CT molecular complexity index is 893. The molecule has 0 bridgehead atoms. The molecule has 2 rings (SSSR count). The predicted molar refractivity (Wildman–Crippen MR) is 80.3 cm³/mol. The van der Waals surface area contributed by atoms with Gasteiger partial charge >= 0.3 is 6.18 Å². The highest BCUT2D eigenvalue weighted by atomic mass is 79.9. The van der Waals surface area contributed by atoms with Crippen molar-refractivity contribution in [1.82, 2.24) is 0 Å². The lowest BCUT2D eigenvalue weighted by atomic mass is 10.2. The molecule has 0 unspecified atom stereocenters. The number of hydrogen-bond donors (Lipinski definition) is 0. The zero-order valence-corrected chi connectivity index (χ0v) is 13.9. The van der Waals surface area contributed by atoms with Crippen LogP contribution in [0.5, 0.6) is 0 Å². The van der Waals surface area contributed by atoms with Gasteiger partial charge in [0.2, 0.25) is 0 Å². The summed E-state index contributed by atoms with van der Waals surface area (Å²) in [4.78, 5) is -0.467. The topological polar surface area (TPSA) is 46.5 Å². The van der Waals surface area contributed by atoms with Gasteiger partial charge in [0.25, 0.3) is 10.0 Å². The van der Waals surface area contributed by atoms with E-state index in [0.717, 1.165) is 30.5 Å². The van der Waals surface area contributed by atoms with Crippen molar-refractivity contribution in [2.45, 2.75) is 11.1 Å². The maximum atomic E-state index is 13.1. The molecule has 0 aliphatic carbocycles. The van der Waals surface area contributed by atoms with Crippen LogP contribution in [-0.4, -0.2) is 14.6 Å². The second-order valence-corrected chi connectivity index (χ2v) is 7.01. The molecule has 0 amide bonds. The summed E-state index contributed by atoms with van der Waals surface area (Å²) >= 11 is 2.92. The summed E-state index contributed by atoms with van der Waals surface area (Å²) in [6.07, 6.45) is -3.83. The second-order valence-electron chi connectivity index (χ2n) is 4.52. The van der Waals surface area contributed by atoms with E-state index in [9.17, 15) is 30.4 Å². The maximum Gasteiger partial charge on any atom is 0.416 e. The molecule has 2 aromatic rings. The van der Waals surface area contributed by atoms with Gasteiger partial charge in [-0.2, -0.15) is 26.0 Å². The molecule has 2 aromatic carbocycles. The lowest BCUT2D eigenvalue weighted by Crippen LogP contribution is -2.05. The number of sulfonamides is 1. The van der Waals surface area contributed by atoms with Crippen LogP contribution in [0.25, 0.3) is 0 Å². The highest BCUT2D eigenvalue weighted by molar-refractivity contribution is 9.10. The minimum atomic E-state index is -4.60. The van der Waals surface area contributed by atoms with Crippen LogP contribution in [0.2, 0.25) is 0 Å². The van der Waals surface area contributed by atoms with E-state index in [4.69, 9.17) is 0 Å². The zero-order chi connectivity index (χ0) is 18.1. The van der Waals surface area contributed by atoms with Crippen molar-refractivity contribution >= 4 is 32.2 Å². The Kier molecular flexibility index (Phi) is 5.09. The highest BCUT2D eigenvalue weighted by Crippen LogP contribution is 2.30. The second kappa shape index (κ2) is 6.60. The Morgan fingerprint density at radius 3 is 2.08 bits per heavy atom. The van der Waals surface area contributed by atoms with Crippen LogP contribution < -0.4 is 0 Å². The van der Waals surface area contributed by atoms with Crippen molar-refractivity contribution in [2.24, 2.45) is 4.40 Å². The monoisotopic (exact) mass is 427 g/mol. The number of alkyl halides is 3. The minimum absolute atomic E-state index is 0.0515. The molecule has 0 radical (unpaired) electrons. The van der Waals surface area contributed by atoms with Crippen molar-refractivity contribution in [3.8, 4) is 0 Å². The fourth-order valence-corrected chi connectivity index (χ4v) is 2.91. The van der Waals surface area contributed by atoms with Gasteiger partial charge in [0.15, 0.2) is 11.6 Å². The van der Waals surface area contributed by atoms with Crippen molar-refractivity contribution in [2.75, 3.05) is 0 Å². The third-order valence-electron chi connectivity index (χ3n) is 2.85. The van der Waals surface area contributed by atoms with Crippen molar-refractivity contribution < 1.29 is 30.4 Å². The fourth-order valence-electron chi connectivity index (χ4n) is 1.64. The molecule has 0 heterocycles. The van der Waals surface area contributed by atoms with Gasteiger partial charge in [-0.1, -0.05) is 15.9 Å². The molecule has 0 saturated heterocycles. The lowest BCUT2D eigenvalue weighted by molar-refractivity contribution is -0.137. The van der Waals surface area contributed by atoms with Crippen LogP contribution in [0.4, 0.5) is 22.0 Å². The Balaban J connectivity index is 2.33. The van der Waals surface area contributed by atoms with E-state index in [0.29, 0.717) is 12.1 Å².